The Morgan fingerprint density at radius 1 is 1.14 bits per heavy atom. The van der Waals surface area contributed by atoms with Crippen LogP contribution in [-0.2, 0) is 0 Å². The maximum atomic E-state index is 13.5. The van der Waals surface area contributed by atoms with Crippen molar-refractivity contribution in [3.8, 4) is 0 Å². The fourth-order valence-electron chi connectivity index (χ4n) is 1.64. The highest BCUT2D eigenvalue weighted by Crippen LogP contribution is 2.23. The van der Waals surface area contributed by atoms with Gasteiger partial charge in [0, 0.05) is 16.0 Å². The molecule has 0 spiro atoms. The molecule has 2 nitrogen and oxygen atoms in total. The minimum Gasteiger partial charge on any atom is -0.298 e. The van der Waals surface area contributed by atoms with Gasteiger partial charge in [-0.1, -0.05) is 23.4 Å². The maximum absolute atomic E-state index is 13.5. The summed E-state index contributed by atoms with van der Waals surface area (Å²) in [5.41, 5.74) is -0.210. The second-order valence-electron chi connectivity index (χ2n) is 4.20. The first-order valence-electron chi connectivity index (χ1n) is 5.95. The zero-order valence-corrected chi connectivity index (χ0v) is 12.3. The largest absolute Gasteiger partial charge is 0.298 e. The highest BCUT2D eigenvalue weighted by molar-refractivity contribution is 8.13. The average Bonchev–Trinajstić information content (AvgIpc) is 2.41. The van der Waals surface area contributed by atoms with Gasteiger partial charge in [-0.25, -0.2) is 8.78 Å². The molecule has 0 heterocycles. The number of halogens is 3. The Kier molecular flexibility index (Phi) is 5.09. The third kappa shape index (κ3) is 4.37. The van der Waals surface area contributed by atoms with E-state index in [2.05, 4.69) is 0 Å². The zero-order valence-electron chi connectivity index (χ0n) is 10.7. The molecule has 108 valence electrons. The summed E-state index contributed by atoms with van der Waals surface area (Å²) in [4.78, 5) is 12.7. The normalized spacial score (nSPS) is 10.4. The molecular weight excluding hydrogens is 316 g/mol. The molecule has 2 rings (SSSR count). The van der Waals surface area contributed by atoms with E-state index >= 15 is 0 Å². The second-order valence-corrected chi connectivity index (χ2v) is 5.81. The van der Waals surface area contributed by atoms with Gasteiger partial charge in [0.1, 0.15) is 11.6 Å². The summed E-state index contributed by atoms with van der Waals surface area (Å²) in [5.74, 6) is -2.21. The topological polar surface area (TPSA) is 40.9 Å². The van der Waals surface area contributed by atoms with Crippen molar-refractivity contribution in [3.63, 3.8) is 0 Å². The summed E-state index contributed by atoms with van der Waals surface area (Å²) >= 11 is 6.85. The van der Waals surface area contributed by atoms with Crippen molar-refractivity contribution in [1.29, 1.82) is 5.41 Å². The van der Waals surface area contributed by atoms with Gasteiger partial charge in [0.15, 0.2) is 5.78 Å². The van der Waals surface area contributed by atoms with Crippen LogP contribution in [0, 0.1) is 17.0 Å². The Morgan fingerprint density at radius 2 is 1.81 bits per heavy atom. The fourth-order valence-corrected chi connectivity index (χ4v) is 2.52. The number of hydrogen-bond acceptors (Lipinski definition) is 3. The van der Waals surface area contributed by atoms with Gasteiger partial charge in [0.2, 0.25) is 0 Å². The molecule has 0 saturated heterocycles. The molecule has 0 aliphatic heterocycles. The van der Waals surface area contributed by atoms with E-state index in [-0.39, 0.29) is 17.0 Å². The lowest BCUT2D eigenvalue weighted by atomic mass is 10.1. The second kappa shape index (κ2) is 6.83. The van der Waals surface area contributed by atoms with Crippen molar-refractivity contribution in [2.75, 3.05) is 0 Å². The first-order chi connectivity index (χ1) is 9.95. The summed E-state index contributed by atoms with van der Waals surface area (Å²) in [7, 11) is 0. The van der Waals surface area contributed by atoms with E-state index in [0.717, 1.165) is 28.8 Å². The minimum atomic E-state index is -0.913. The number of carbonyl (C=O) groups is 1. The van der Waals surface area contributed by atoms with Gasteiger partial charge in [0.25, 0.3) is 0 Å². The predicted octanol–water partition coefficient (Wildman–Crippen LogP) is 4.96. The third-order valence-corrected chi connectivity index (χ3v) is 3.76. The van der Waals surface area contributed by atoms with Crippen LogP contribution in [0.25, 0.3) is 0 Å². The molecule has 0 radical (unpaired) electrons. The molecule has 2 aromatic rings. The molecule has 0 atom stereocenters. The van der Waals surface area contributed by atoms with Gasteiger partial charge >= 0.3 is 0 Å². The highest BCUT2D eigenvalue weighted by atomic mass is 35.5. The van der Waals surface area contributed by atoms with Crippen LogP contribution in [0.2, 0.25) is 5.02 Å². The van der Waals surface area contributed by atoms with E-state index in [1.54, 1.807) is 24.3 Å². The smallest absolute Gasteiger partial charge is 0.172 e. The van der Waals surface area contributed by atoms with Gasteiger partial charge in [-0.05, 0) is 36.4 Å². The van der Waals surface area contributed by atoms with Crippen molar-refractivity contribution in [2.24, 2.45) is 0 Å². The Morgan fingerprint density at radius 3 is 2.43 bits per heavy atom. The molecule has 0 aromatic heterocycles. The van der Waals surface area contributed by atoms with Gasteiger partial charge in [-0.2, -0.15) is 0 Å². The lowest BCUT2D eigenvalue weighted by Gasteiger charge is -2.05. The number of hydrogen-bond donors (Lipinski definition) is 1. The third-order valence-electron chi connectivity index (χ3n) is 2.61. The Bertz CT molecular complexity index is 689. The molecule has 2 aromatic carbocycles. The lowest BCUT2D eigenvalue weighted by Crippen LogP contribution is -2.07. The molecular formula is C15H10ClF2NOS. The van der Waals surface area contributed by atoms with Crippen molar-refractivity contribution >= 4 is 34.2 Å². The van der Waals surface area contributed by atoms with Gasteiger partial charge in [0.05, 0.1) is 17.0 Å². The molecule has 0 bridgehead atoms. The summed E-state index contributed by atoms with van der Waals surface area (Å²) in [6.45, 7) is 0. The molecule has 0 aliphatic carbocycles. The molecule has 1 N–H and O–H groups in total. The number of ketones is 1. The first-order valence-corrected chi connectivity index (χ1v) is 7.14. The quantitative estimate of drug-likeness (QED) is 0.373. The number of nitrogens with one attached hydrogen (secondary N) is 1. The molecule has 0 saturated carbocycles. The van der Waals surface area contributed by atoms with Gasteiger partial charge < -0.3 is 0 Å². The average molecular weight is 326 g/mol. The summed E-state index contributed by atoms with van der Waals surface area (Å²) in [6.07, 6.45) is -0.240. The number of Topliss-reactive ketones (excluding diaryl/α,β-unsaturated/α-hetero) is 1. The van der Waals surface area contributed by atoms with E-state index in [0.29, 0.717) is 11.1 Å². The van der Waals surface area contributed by atoms with Crippen LogP contribution in [-0.4, -0.2) is 10.8 Å². The Balaban J connectivity index is 2.02. The van der Waals surface area contributed by atoms with E-state index in [1.807, 2.05) is 0 Å². The standard InChI is InChI=1S/C15H10ClF2NOS/c16-9-1-4-11(5-2-9)21-15(19)8-14(20)12-6-3-10(17)7-13(12)18/h1-7,19H,8H2. The molecule has 21 heavy (non-hydrogen) atoms. The van der Waals surface area contributed by atoms with E-state index in [4.69, 9.17) is 17.0 Å². The molecule has 6 heteroatoms. The van der Waals surface area contributed by atoms with E-state index in [1.165, 1.54) is 0 Å². The lowest BCUT2D eigenvalue weighted by molar-refractivity contribution is 0.0997. The fraction of sp³-hybridized carbons (Fsp3) is 0.0667. The van der Waals surface area contributed by atoms with Gasteiger partial charge in [-0.15, -0.1) is 0 Å². The van der Waals surface area contributed by atoms with Crippen LogP contribution in [0.4, 0.5) is 8.78 Å². The number of rotatable bonds is 4. The van der Waals surface area contributed by atoms with Crippen molar-refractivity contribution in [1.82, 2.24) is 0 Å². The van der Waals surface area contributed by atoms with Crippen LogP contribution < -0.4 is 0 Å². The number of thioether (sulfide) groups is 1. The van der Waals surface area contributed by atoms with Crippen LogP contribution in [0.5, 0.6) is 0 Å². The summed E-state index contributed by atoms with van der Waals surface area (Å²) < 4.78 is 26.3. The van der Waals surface area contributed by atoms with Crippen LogP contribution >= 0.6 is 23.4 Å². The maximum Gasteiger partial charge on any atom is 0.172 e. The minimum absolute atomic E-state index is 0.0750. The summed E-state index contributed by atoms with van der Waals surface area (Å²) in [5, 5.41) is 8.44. The van der Waals surface area contributed by atoms with Crippen molar-refractivity contribution < 1.29 is 13.6 Å². The SMILES string of the molecule is N=C(CC(=O)c1ccc(F)cc1F)Sc1ccc(Cl)cc1. The van der Waals surface area contributed by atoms with Crippen molar-refractivity contribution in [3.05, 3.63) is 64.7 Å². The first kappa shape index (κ1) is 15.7. The van der Waals surface area contributed by atoms with Crippen LogP contribution in [0.3, 0.4) is 0 Å². The monoisotopic (exact) mass is 325 g/mol. The van der Waals surface area contributed by atoms with E-state index < -0.39 is 17.4 Å². The van der Waals surface area contributed by atoms with E-state index in [9.17, 15) is 13.6 Å². The molecule has 0 fully saturated rings. The number of benzene rings is 2. The van der Waals surface area contributed by atoms with Gasteiger partial charge in [-0.3, -0.25) is 10.2 Å². The summed E-state index contributed by atoms with van der Waals surface area (Å²) in [6, 6.07) is 9.58. The zero-order chi connectivity index (χ0) is 15.4. The molecule has 0 aliphatic rings. The molecule has 0 amide bonds. The predicted molar refractivity (Wildman–Crippen MR) is 80.3 cm³/mol. The van der Waals surface area contributed by atoms with Crippen molar-refractivity contribution in [2.45, 2.75) is 11.3 Å². The Hall–Kier alpha value is -1.72. The van der Waals surface area contributed by atoms with Crippen LogP contribution in [0.1, 0.15) is 16.8 Å². The highest BCUT2D eigenvalue weighted by Gasteiger charge is 2.15. The number of carbonyl (C=O) groups excluding carboxylic acids is 1. The Labute approximate surface area is 129 Å². The molecule has 0 unspecified atom stereocenters. The van der Waals surface area contributed by atoms with Crippen LogP contribution in [0.15, 0.2) is 47.4 Å².